The van der Waals surface area contributed by atoms with Crippen molar-refractivity contribution in [1.82, 2.24) is 77.7 Å². The topological polar surface area (TPSA) is 504 Å². The van der Waals surface area contributed by atoms with Crippen LogP contribution in [0.15, 0.2) is 0 Å². The van der Waals surface area contributed by atoms with Crippen molar-refractivity contribution >= 4 is 59.2 Å². The van der Waals surface area contributed by atoms with E-state index in [1.807, 2.05) is 0 Å². The summed E-state index contributed by atoms with van der Waals surface area (Å²) in [5, 5.41) is 48.5. The predicted octanol–water partition coefficient (Wildman–Crippen LogP) is -2.80. The van der Waals surface area contributed by atoms with Gasteiger partial charge in [0.05, 0.1) is 11.8 Å². The van der Waals surface area contributed by atoms with Crippen LogP contribution >= 0.6 is 0 Å². The van der Waals surface area contributed by atoms with Crippen LogP contribution in [0.3, 0.4) is 0 Å². The predicted molar refractivity (Wildman–Crippen MR) is 421 cm³/mol. The van der Waals surface area contributed by atoms with Crippen LogP contribution in [0.4, 0.5) is 0 Å². The highest BCUT2D eigenvalue weighted by Gasteiger charge is 2.35. The lowest BCUT2D eigenvalue weighted by Gasteiger charge is -2.29. The Balaban J connectivity index is 0.00000117. The second kappa shape index (κ2) is 59.0. The van der Waals surface area contributed by atoms with E-state index in [0.29, 0.717) is 259 Å². The molecule has 5 rings (SSSR count). The number of nitrogens with one attached hydrogen (secondary N) is 10. The number of hydrogen-bond donors (Lipinski definition) is 18. The fourth-order valence-electron chi connectivity index (χ4n) is 15.2. The number of nitrogens with two attached hydrogens (primary N) is 6. The summed E-state index contributed by atoms with van der Waals surface area (Å²) in [5.41, 5.74) is 33.4. The third-order valence-corrected chi connectivity index (χ3v) is 22.0. The molecule has 0 bridgehead atoms. The lowest BCUT2D eigenvalue weighted by atomic mass is 9.81. The first kappa shape index (κ1) is 96.4. The van der Waals surface area contributed by atoms with E-state index >= 15 is 0 Å². The zero-order chi connectivity index (χ0) is 79.3. The number of amides is 8. The number of likely N-dealkylation sites (N-methyl/N-ethyl adjacent to an activating group) is 2. The summed E-state index contributed by atoms with van der Waals surface area (Å²) < 4.78 is 0. The van der Waals surface area contributed by atoms with Crippen LogP contribution in [0.25, 0.3) is 0 Å². The van der Waals surface area contributed by atoms with Gasteiger partial charge < -0.3 is 97.8 Å². The van der Waals surface area contributed by atoms with Crippen LogP contribution < -0.4 is 87.6 Å². The van der Waals surface area contributed by atoms with Gasteiger partial charge in [-0.3, -0.25) is 72.4 Å². The first-order chi connectivity index (χ1) is 52.2. The van der Waals surface area contributed by atoms with Gasteiger partial charge in [0, 0.05) is 251 Å². The zero-order valence-corrected chi connectivity index (χ0v) is 66.2. The molecule has 0 radical (unpaired) electrons. The van der Waals surface area contributed by atoms with Crippen molar-refractivity contribution in [3.8, 4) is 0 Å². The molecule has 0 spiro atoms. The molecule has 5 fully saturated rings. The highest BCUT2D eigenvalue weighted by atomic mass is 16.4. The molecule has 0 aromatic heterocycles. The van der Waals surface area contributed by atoms with Gasteiger partial charge in [0.1, 0.15) is 0 Å². The highest BCUT2D eigenvalue weighted by Crippen LogP contribution is 2.33. The van der Waals surface area contributed by atoms with E-state index in [-0.39, 0.29) is 106 Å². The van der Waals surface area contributed by atoms with E-state index in [1.54, 1.807) is 7.05 Å². The van der Waals surface area contributed by atoms with Crippen molar-refractivity contribution < 1.29 is 58.2 Å². The quantitative estimate of drug-likeness (QED) is 0.0274. The van der Waals surface area contributed by atoms with Gasteiger partial charge in [0.25, 0.3) is 0 Å². The second-order valence-electron chi connectivity index (χ2n) is 29.7. The molecule has 0 aliphatic heterocycles. The van der Waals surface area contributed by atoms with Gasteiger partial charge in [-0.05, 0) is 142 Å². The van der Waals surface area contributed by atoms with Gasteiger partial charge in [-0.25, -0.2) is 0 Å². The maximum atomic E-state index is 13.5. The molecule has 0 aromatic rings. The van der Waals surface area contributed by atoms with Gasteiger partial charge in [-0.15, -0.1) is 0 Å². The molecule has 5 aliphatic rings. The Morgan fingerprint density at radius 3 is 0.565 bits per heavy atom. The highest BCUT2D eigenvalue weighted by molar-refractivity contribution is 5.83. The molecule has 108 heavy (non-hydrogen) atoms. The third-order valence-electron chi connectivity index (χ3n) is 22.0. The molecular weight excluding hydrogens is 1390 g/mol. The molecule has 33 nitrogen and oxygen atoms in total. The monoisotopic (exact) mass is 1530 g/mol. The van der Waals surface area contributed by atoms with E-state index in [9.17, 15) is 47.9 Å². The number of aliphatic carboxylic acids is 2. The molecule has 0 saturated heterocycles. The molecule has 5 saturated carbocycles. The Hall–Kier alpha value is -5.82. The molecule has 0 unspecified atom stereocenters. The minimum atomic E-state index is -0.793. The van der Waals surface area contributed by atoms with Crippen molar-refractivity contribution in [1.29, 1.82) is 0 Å². The molecule has 33 heteroatoms. The summed E-state index contributed by atoms with van der Waals surface area (Å²) in [4.78, 5) is 137. The number of carbonyl (C=O) groups excluding carboxylic acids is 8. The van der Waals surface area contributed by atoms with Crippen LogP contribution in [0.5, 0.6) is 0 Å². The Morgan fingerprint density at radius 2 is 0.398 bits per heavy atom. The molecule has 5 aliphatic carbocycles. The maximum absolute atomic E-state index is 13.5. The largest absolute Gasteiger partial charge is 0.481 e. The number of nitrogens with zero attached hydrogens (tertiary/aromatic N) is 5. The van der Waals surface area contributed by atoms with Gasteiger partial charge in [0.2, 0.25) is 47.3 Å². The standard InChI is InChI=1S/C61H117N17O8.C8H12O4.C6H18N4/c1-4-66-25-37-77(38-26-67-5-2)42-30-71-59(84)51-18-20-53(21-19-51)61(86)74-33-45-78(43-31-72-55(80)47-8-6-46(7-9-47)54(79)65-3)44-32-73-60(85)52-16-14-50(15-17-52)58(83)70-29-41-76(36-24-64)40-28-69-57(82)49-12-10-48(11-13-49)56(81)68-27-39-75(34-22-62)35-23-63;9-7(10)5-1-2-6(4-3-5)8(11)12;7-1-4-10(5-2-8)6-3-9/h46-53,66-67H,4-45,62-64H2,1-3H3,(H,65,79)(H,68,81)(H,69,82)(H,70,83)(H,71,84)(H,72,80)(H,73,85)(H,74,86);5-6H,1-4H2,(H,9,10)(H,11,12);1-9H2. The molecule has 0 heterocycles. The average molecular weight is 1540 g/mol. The van der Waals surface area contributed by atoms with E-state index in [1.165, 1.54) is 0 Å². The number of hydrogen-bond acceptors (Lipinski definition) is 23. The van der Waals surface area contributed by atoms with Crippen LogP contribution in [-0.4, -0.2) is 310 Å². The van der Waals surface area contributed by atoms with E-state index in [0.717, 1.165) is 78.5 Å². The Kier molecular flexibility index (Phi) is 52.7. The first-order valence-corrected chi connectivity index (χ1v) is 41.0. The smallest absolute Gasteiger partial charge is 0.306 e. The van der Waals surface area contributed by atoms with Crippen LogP contribution in [0.2, 0.25) is 0 Å². The number of carboxylic acids is 2. The van der Waals surface area contributed by atoms with Crippen molar-refractivity contribution in [3.63, 3.8) is 0 Å². The number of carboxylic acid groups (broad SMARTS) is 2. The zero-order valence-electron chi connectivity index (χ0n) is 66.2. The average Bonchev–Trinajstić information content (AvgIpc) is 0.870. The maximum Gasteiger partial charge on any atom is 0.306 e. The van der Waals surface area contributed by atoms with Gasteiger partial charge in [-0.1, -0.05) is 13.8 Å². The SMILES string of the molecule is CCNCCN(CCNCC)CCNC(=O)C1CCC(C(=O)NCCN(CCNC(=O)C2CCC(C(=O)NC)CC2)CCNC(=O)C2CCC(C(=O)NCCN(CCN)CCNC(=O)C3CCC(C(=O)NCCN(CCN)CCN)CC3)CC2)CC1.NCCN(CCN)CCN.O=C(O)C1CCC(C(=O)O)CC1. The third kappa shape index (κ3) is 40.4. The lowest BCUT2D eigenvalue weighted by Crippen LogP contribution is -2.46. The van der Waals surface area contributed by atoms with E-state index in [4.69, 9.17) is 44.6 Å². The summed E-state index contributed by atoms with van der Waals surface area (Å²) in [5.74, 6) is -3.21. The Morgan fingerprint density at radius 1 is 0.250 bits per heavy atom. The molecule has 0 aromatic carbocycles. The second-order valence-corrected chi connectivity index (χ2v) is 29.7. The molecule has 24 N–H and O–H groups in total. The fraction of sp³-hybridized carbons (Fsp3) is 0.867. The Labute approximate surface area is 644 Å². The first-order valence-electron chi connectivity index (χ1n) is 41.0. The van der Waals surface area contributed by atoms with Crippen molar-refractivity contribution in [3.05, 3.63) is 0 Å². The van der Waals surface area contributed by atoms with Gasteiger partial charge in [0.15, 0.2) is 0 Å². The number of carbonyl (C=O) groups is 10. The molecule has 0 atom stereocenters. The van der Waals surface area contributed by atoms with E-state index < -0.39 is 11.9 Å². The normalized spacial score (nSPS) is 22.2. The lowest BCUT2D eigenvalue weighted by molar-refractivity contribution is -0.148. The van der Waals surface area contributed by atoms with Crippen LogP contribution in [0, 0.1) is 59.2 Å². The number of rotatable bonds is 51. The minimum absolute atomic E-state index is 0.00963. The van der Waals surface area contributed by atoms with Crippen molar-refractivity contribution in [2.75, 3.05) is 216 Å². The van der Waals surface area contributed by atoms with E-state index in [2.05, 4.69) is 91.5 Å². The van der Waals surface area contributed by atoms with Crippen LogP contribution in [0.1, 0.15) is 142 Å². The van der Waals surface area contributed by atoms with Gasteiger partial charge >= 0.3 is 11.9 Å². The fourth-order valence-corrected chi connectivity index (χ4v) is 15.2. The summed E-state index contributed by atoms with van der Waals surface area (Å²) in [6.07, 6.45) is 12.5. The van der Waals surface area contributed by atoms with Crippen molar-refractivity contribution in [2.45, 2.75) is 142 Å². The Bertz CT molecular complexity index is 2460. The molecular formula is C75H147N21O12. The summed E-state index contributed by atoms with van der Waals surface area (Å²) in [6.45, 7) is 25.5. The van der Waals surface area contributed by atoms with Gasteiger partial charge in [-0.2, -0.15) is 0 Å². The van der Waals surface area contributed by atoms with Crippen LogP contribution in [-0.2, 0) is 47.9 Å². The molecule has 8 amide bonds. The summed E-state index contributed by atoms with van der Waals surface area (Å²) >= 11 is 0. The van der Waals surface area contributed by atoms with Crippen molar-refractivity contribution in [2.24, 2.45) is 93.6 Å². The minimum Gasteiger partial charge on any atom is -0.481 e. The summed E-state index contributed by atoms with van der Waals surface area (Å²) in [6, 6.07) is 0. The summed E-state index contributed by atoms with van der Waals surface area (Å²) in [7, 11) is 1.64. The molecule has 624 valence electrons.